The Kier molecular flexibility index (Phi) is 27.0. The van der Waals surface area contributed by atoms with Gasteiger partial charge in [0.15, 0.2) is 10.2 Å². The summed E-state index contributed by atoms with van der Waals surface area (Å²) in [7, 11) is 0. The summed E-state index contributed by atoms with van der Waals surface area (Å²) < 4.78 is 33.9. The zero-order valence-corrected chi connectivity index (χ0v) is 44.5. The molecule has 0 aliphatic rings. The van der Waals surface area contributed by atoms with E-state index in [2.05, 4.69) is 0 Å². The number of hydrogen-bond acceptors (Lipinski definition) is 14. The fourth-order valence-corrected chi connectivity index (χ4v) is 8.92. The van der Waals surface area contributed by atoms with Crippen molar-refractivity contribution < 1.29 is 57.2 Å². The van der Waals surface area contributed by atoms with E-state index in [0.717, 1.165) is 50.0 Å². The van der Waals surface area contributed by atoms with E-state index in [4.69, 9.17) is 28.4 Å². The number of benzene rings is 5. The van der Waals surface area contributed by atoms with Crippen molar-refractivity contribution in [3.63, 3.8) is 0 Å². The molecule has 74 heavy (non-hydrogen) atoms. The zero-order chi connectivity index (χ0) is 52.6. The molecule has 14 heteroatoms. The summed E-state index contributed by atoms with van der Waals surface area (Å²) >= 11 is 2.83. The van der Waals surface area contributed by atoms with Gasteiger partial charge in [-0.2, -0.15) is 0 Å². The van der Waals surface area contributed by atoms with Crippen LogP contribution in [0, 0.1) is 0 Å². The van der Waals surface area contributed by atoms with Gasteiger partial charge in [-0.05, 0) is 135 Å². The molecular formula is C60H70O12S2. The lowest BCUT2D eigenvalue weighted by molar-refractivity contribution is -0.109. The average molecular weight is 1050 g/mol. The molecule has 0 fully saturated rings. The molecule has 0 bridgehead atoms. The molecule has 0 spiro atoms. The van der Waals surface area contributed by atoms with Crippen molar-refractivity contribution in [3.8, 4) is 34.5 Å². The molecule has 0 saturated carbocycles. The summed E-state index contributed by atoms with van der Waals surface area (Å²) in [6.45, 7) is 4.45. The van der Waals surface area contributed by atoms with Crippen LogP contribution in [0.1, 0.15) is 171 Å². The maximum absolute atomic E-state index is 13.0. The Balaban J connectivity index is 0.937. The van der Waals surface area contributed by atoms with Crippen LogP contribution in [0.15, 0.2) is 121 Å². The van der Waals surface area contributed by atoms with Gasteiger partial charge in [-0.3, -0.25) is 9.59 Å². The van der Waals surface area contributed by atoms with Crippen molar-refractivity contribution in [3.05, 3.63) is 144 Å². The number of rotatable bonds is 34. The van der Waals surface area contributed by atoms with E-state index in [1.54, 1.807) is 80.6 Å². The molecule has 5 rings (SSSR count). The van der Waals surface area contributed by atoms with E-state index in [1.807, 2.05) is 0 Å². The fourth-order valence-electron chi connectivity index (χ4n) is 7.65. The van der Waals surface area contributed by atoms with Gasteiger partial charge in [0.25, 0.3) is 0 Å². The van der Waals surface area contributed by atoms with E-state index in [1.165, 1.54) is 155 Å². The third-order valence-electron chi connectivity index (χ3n) is 11.7. The molecule has 0 aliphatic heterocycles. The predicted molar refractivity (Wildman–Crippen MR) is 292 cm³/mol. The number of ether oxygens (including phenoxy) is 6. The monoisotopic (exact) mass is 1050 g/mol. The van der Waals surface area contributed by atoms with Crippen molar-refractivity contribution in [1.29, 1.82) is 0 Å². The molecule has 0 saturated heterocycles. The second kappa shape index (κ2) is 34.2. The normalized spacial score (nSPS) is 10.8. The average Bonchev–Trinajstić information content (AvgIpc) is 3.39. The first-order valence-corrected chi connectivity index (χ1v) is 27.9. The highest BCUT2D eigenvalue weighted by Crippen LogP contribution is 2.25. The molecule has 5 aromatic carbocycles. The second-order valence-electron chi connectivity index (χ2n) is 17.9. The van der Waals surface area contributed by atoms with Gasteiger partial charge >= 0.3 is 23.9 Å². The molecular weight excluding hydrogens is 977 g/mol. The minimum atomic E-state index is -0.672. The minimum Gasteiger partial charge on any atom is -0.494 e. The lowest BCUT2D eigenvalue weighted by Crippen LogP contribution is -2.11. The van der Waals surface area contributed by atoms with E-state index in [0.29, 0.717) is 35.8 Å². The standard InChI is InChI=1S/C60H70O12S2/c1-45(61)73-42-19-15-11-7-3-5-9-13-17-40-67-51-32-24-47(25-33-51)57(63)69-53-36-28-49(29-37-53)59(65)71-55-22-21-23-56(44-55)72-60(66)50-30-38-54(39-31-50)70-58(64)48-26-34-52(35-27-48)68-41-18-14-10-6-4-8-12-16-20-43-74-46(2)62/h21-39,44H,3-20,40-43H2,1-2H3. The van der Waals surface area contributed by atoms with E-state index < -0.39 is 23.9 Å². The van der Waals surface area contributed by atoms with Gasteiger partial charge in [-0.15, -0.1) is 0 Å². The third kappa shape index (κ3) is 23.7. The number of carbonyl (C=O) groups is 6. The Labute approximate surface area is 445 Å². The van der Waals surface area contributed by atoms with Crippen LogP contribution in [0.5, 0.6) is 34.5 Å². The smallest absolute Gasteiger partial charge is 0.343 e. The van der Waals surface area contributed by atoms with Gasteiger partial charge in [0, 0.05) is 31.4 Å². The Morgan fingerprint density at radius 3 is 0.865 bits per heavy atom. The number of carbonyl (C=O) groups excluding carboxylic acids is 6. The van der Waals surface area contributed by atoms with E-state index >= 15 is 0 Å². The number of esters is 4. The largest absolute Gasteiger partial charge is 0.494 e. The summed E-state index contributed by atoms with van der Waals surface area (Å²) in [5.41, 5.74) is 1.12. The third-order valence-corrected chi connectivity index (χ3v) is 13.5. The molecule has 0 heterocycles. The Hall–Kier alpha value is -6.38. The van der Waals surface area contributed by atoms with Crippen LogP contribution in [0.3, 0.4) is 0 Å². The second-order valence-corrected chi connectivity index (χ2v) is 20.4. The summed E-state index contributed by atoms with van der Waals surface area (Å²) in [4.78, 5) is 73.7. The quantitative estimate of drug-likeness (QED) is 0.0218. The summed E-state index contributed by atoms with van der Waals surface area (Å²) in [6, 6.07) is 31.6. The van der Waals surface area contributed by atoms with Crippen LogP contribution in [0.25, 0.3) is 0 Å². The van der Waals surface area contributed by atoms with Crippen LogP contribution >= 0.6 is 23.5 Å². The maximum Gasteiger partial charge on any atom is 0.343 e. The molecule has 0 aromatic heterocycles. The van der Waals surface area contributed by atoms with Crippen molar-refractivity contribution >= 4 is 57.6 Å². The van der Waals surface area contributed by atoms with Crippen molar-refractivity contribution in [2.24, 2.45) is 0 Å². The highest BCUT2D eigenvalue weighted by Gasteiger charge is 2.16. The molecule has 12 nitrogen and oxygen atoms in total. The maximum atomic E-state index is 13.0. The van der Waals surface area contributed by atoms with Crippen LogP contribution in [0.4, 0.5) is 0 Å². The lowest BCUT2D eigenvalue weighted by atomic mass is 10.1. The number of unbranched alkanes of at least 4 members (excludes halogenated alkanes) is 16. The first kappa shape index (κ1) is 58.5. The molecule has 0 radical (unpaired) electrons. The van der Waals surface area contributed by atoms with Crippen LogP contribution in [-0.2, 0) is 9.59 Å². The van der Waals surface area contributed by atoms with Crippen LogP contribution in [0.2, 0.25) is 0 Å². The Morgan fingerprint density at radius 2 is 0.568 bits per heavy atom. The van der Waals surface area contributed by atoms with Gasteiger partial charge in [-0.25, -0.2) is 19.2 Å². The van der Waals surface area contributed by atoms with Gasteiger partial charge in [0.05, 0.1) is 35.5 Å². The van der Waals surface area contributed by atoms with Crippen LogP contribution in [-0.4, -0.2) is 58.8 Å². The summed E-state index contributed by atoms with van der Waals surface area (Å²) in [5, 5.41) is 0.397. The molecule has 394 valence electrons. The van der Waals surface area contributed by atoms with Crippen molar-refractivity contribution in [1.82, 2.24) is 0 Å². The first-order valence-electron chi connectivity index (χ1n) is 25.9. The number of thioether (sulfide) groups is 2. The predicted octanol–water partition coefficient (Wildman–Crippen LogP) is 14.9. The van der Waals surface area contributed by atoms with Crippen molar-refractivity contribution in [2.45, 2.75) is 129 Å². The van der Waals surface area contributed by atoms with Gasteiger partial charge in [0.1, 0.15) is 34.5 Å². The van der Waals surface area contributed by atoms with E-state index in [-0.39, 0.29) is 44.4 Å². The molecule has 0 aliphatic carbocycles. The SMILES string of the molecule is CC(=O)SCCCCCCCCCCCOc1ccc(C(=O)Oc2ccc(C(=O)Oc3cccc(OC(=O)c4ccc(OC(=O)c5ccc(OCCCCCCCCCCCSC(C)=O)cc5)cc4)c3)cc2)cc1. The molecule has 5 aromatic rings. The molecule has 0 unspecified atom stereocenters. The Bertz CT molecular complexity index is 2320. The van der Waals surface area contributed by atoms with Crippen LogP contribution < -0.4 is 28.4 Å². The van der Waals surface area contributed by atoms with Gasteiger partial charge in [0.2, 0.25) is 0 Å². The lowest BCUT2D eigenvalue weighted by Gasteiger charge is -2.09. The summed E-state index contributed by atoms with van der Waals surface area (Å²) in [5.74, 6) is 1.54. The fraction of sp³-hybridized carbons (Fsp3) is 0.400. The summed E-state index contributed by atoms with van der Waals surface area (Å²) in [6.07, 6.45) is 20.9. The Morgan fingerprint density at radius 1 is 0.311 bits per heavy atom. The zero-order valence-electron chi connectivity index (χ0n) is 42.8. The molecule has 0 amide bonds. The van der Waals surface area contributed by atoms with Gasteiger partial charge < -0.3 is 28.4 Å². The number of hydrogen-bond donors (Lipinski definition) is 0. The minimum absolute atomic E-state index is 0.142. The highest BCUT2D eigenvalue weighted by molar-refractivity contribution is 8.13. The first-order chi connectivity index (χ1) is 36.0. The topological polar surface area (TPSA) is 158 Å². The van der Waals surface area contributed by atoms with Gasteiger partial charge in [-0.1, -0.05) is 119 Å². The van der Waals surface area contributed by atoms with E-state index in [9.17, 15) is 28.8 Å². The van der Waals surface area contributed by atoms with Crippen molar-refractivity contribution in [2.75, 3.05) is 24.7 Å². The molecule has 0 N–H and O–H groups in total. The molecule has 0 atom stereocenters. The highest BCUT2D eigenvalue weighted by atomic mass is 32.2.